The van der Waals surface area contributed by atoms with Gasteiger partial charge in [0.2, 0.25) is 17.7 Å². The summed E-state index contributed by atoms with van der Waals surface area (Å²) in [6, 6.07) is 10.9. The second-order valence-electron chi connectivity index (χ2n) is 8.59. The van der Waals surface area contributed by atoms with Crippen LogP contribution in [0, 0.1) is 18.8 Å². The minimum atomic E-state index is -3.91. The van der Waals surface area contributed by atoms with Gasteiger partial charge in [-0.3, -0.25) is 24.0 Å². The Morgan fingerprint density at radius 2 is 1.66 bits per heavy atom. The number of carbonyl (C=O) groups excluding carboxylic acids is 3. The first-order chi connectivity index (χ1) is 16.7. The Balaban J connectivity index is 1.40. The van der Waals surface area contributed by atoms with Gasteiger partial charge in [-0.25, -0.2) is 8.42 Å². The predicted octanol–water partition coefficient (Wildman–Crippen LogP) is 3.08. The van der Waals surface area contributed by atoms with Gasteiger partial charge in [-0.1, -0.05) is 18.2 Å². The summed E-state index contributed by atoms with van der Waals surface area (Å²) in [5.74, 6) is -0.951. The smallest absolute Gasteiger partial charge is 0.261 e. The minimum absolute atomic E-state index is 0.00738. The number of ether oxygens (including phenoxy) is 1. The van der Waals surface area contributed by atoms with Gasteiger partial charge in [0.15, 0.2) is 0 Å². The molecule has 2 atom stereocenters. The Morgan fingerprint density at radius 3 is 2.26 bits per heavy atom. The molecule has 2 N–H and O–H groups in total. The van der Waals surface area contributed by atoms with Crippen molar-refractivity contribution in [3.05, 3.63) is 60.2 Å². The SMILES string of the molecule is COc1ccc(NS(=O)(=O)c2ccc(C)c(NC(=O)CCN3C(=O)[C@H]4CC=CC[C@@H]4C3=O)c2)cc1. The first kappa shape index (κ1) is 24.5. The van der Waals surface area contributed by atoms with Crippen LogP contribution in [0.1, 0.15) is 24.8 Å². The fraction of sp³-hybridized carbons (Fsp3) is 0.320. The normalized spacial score (nSPS) is 19.4. The maximum Gasteiger partial charge on any atom is 0.261 e. The van der Waals surface area contributed by atoms with Crippen LogP contribution < -0.4 is 14.8 Å². The van der Waals surface area contributed by atoms with E-state index in [0.717, 1.165) is 0 Å². The number of allylic oxidation sites excluding steroid dienone is 2. The van der Waals surface area contributed by atoms with E-state index in [1.165, 1.54) is 24.1 Å². The molecular weight excluding hydrogens is 470 g/mol. The van der Waals surface area contributed by atoms with Crippen molar-refractivity contribution < 1.29 is 27.5 Å². The Kier molecular flexibility index (Phi) is 6.93. The summed E-state index contributed by atoms with van der Waals surface area (Å²) in [6.45, 7) is 1.74. The summed E-state index contributed by atoms with van der Waals surface area (Å²) in [4.78, 5) is 38.9. The van der Waals surface area contributed by atoms with Gasteiger partial charge in [-0.2, -0.15) is 0 Å². The zero-order chi connectivity index (χ0) is 25.2. The molecule has 1 heterocycles. The van der Waals surface area contributed by atoms with E-state index in [2.05, 4.69) is 10.0 Å². The third-order valence-corrected chi connectivity index (χ3v) is 7.68. The molecule has 10 heteroatoms. The molecule has 2 aromatic carbocycles. The van der Waals surface area contributed by atoms with Gasteiger partial charge < -0.3 is 10.1 Å². The van der Waals surface area contributed by atoms with E-state index in [9.17, 15) is 22.8 Å². The number of benzene rings is 2. The summed E-state index contributed by atoms with van der Waals surface area (Å²) in [6.07, 6.45) is 4.84. The highest BCUT2D eigenvalue weighted by Gasteiger charge is 2.46. The minimum Gasteiger partial charge on any atom is -0.497 e. The maximum atomic E-state index is 12.9. The average Bonchev–Trinajstić information content (AvgIpc) is 3.09. The van der Waals surface area contributed by atoms with Gasteiger partial charge in [-0.05, 0) is 61.7 Å². The molecule has 4 rings (SSSR count). The summed E-state index contributed by atoms with van der Waals surface area (Å²) in [5, 5.41) is 2.71. The molecule has 0 saturated carbocycles. The number of anilines is 2. The van der Waals surface area contributed by atoms with Crippen LogP contribution in [-0.2, 0) is 24.4 Å². The summed E-state index contributed by atoms with van der Waals surface area (Å²) < 4.78 is 33.3. The Hall–Kier alpha value is -3.66. The lowest BCUT2D eigenvalue weighted by molar-refractivity contribution is -0.140. The zero-order valence-corrected chi connectivity index (χ0v) is 20.3. The van der Waals surface area contributed by atoms with Gasteiger partial charge in [0.25, 0.3) is 10.0 Å². The molecule has 0 radical (unpaired) electrons. The second-order valence-corrected chi connectivity index (χ2v) is 10.3. The topological polar surface area (TPSA) is 122 Å². The molecular formula is C25H27N3O6S. The molecule has 1 fully saturated rings. The monoisotopic (exact) mass is 497 g/mol. The van der Waals surface area contributed by atoms with Crippen LogP contribution in [0.2, 0.25) is 0 Å². The molecule has 0 bridgehead atoms. The van der Waals surface area contributed by atoms with Crippen molar-refractivity contribution in [1.29, 1.82) is 0 Å². The maximum absolute atomic E-state index is 12.9. The van der Waals surface area contributed by atoms with Crippen LogP contribution in [0.4, 0.5) is 11.4 Å². The first-order valence-corrected chi connectivity index (χ1v) is 12.8. The standard InChI is InChI=1S/C25H27N3O6S/c1-16-7-12-19(35(32,33)27-17-8-10-18(34-2)11-9-17)15-22(16)26-23(29)13-14-28-24(30)20-5-3-4-6-21(20)25(28)31/h3-4,7-12,15,20-21,27H,5-6,13-14H2,1-2H3,(H,26,29)/t20-,21-/m0/s1. The highest BCUT2D eigenvalue weighted by Crippen LogP contribution is 2.35. The quantitative estimate of drug-likeness (QED) is 0.427. The molecule has 0 unspecified atom stereocenters. The Bertz CT molecular complexity index is 1260. The molecule has 1 saturated heterocycles. The summed E-state index contributed by atoms with van der Waals surface area (Å²) >= 11 is 0. The number of hydrogen-bond acceptors (Lipinski definition) is 6. The molecule has 9 nitrogen and oxygen atoms in total. The van der Waals surface area contributed by atoms with E-state index in [1.807, 2.05) is 12.2 Å². The Morgan fingerprint density at radius 1 is 1.03 bits per heavy atom. The molecule has 35 heavy (non-hydrogen) atoms. The van der Waals surface area contributed by atoms with Gasteiger partial charge in [0, 0.05) is 24.3 Å². The number of likely N-dealkylation sites (tertiary alicyclic amines) is 1. The van der Waals surface area contributed by atoms with E-state index in [4.69, 9.17) is 4.74 Å². The number of nitrogens with zero attached hydrogens (tertiary/aromatic N) is 1. The van der Waals surface area contributed by atoms with Crippen LogP contribution in [0.3, 0.4) is 0 Å². The number of sulfonamides is 1. The fourth-order valence-electron chi connectivity index (χ4n) is 4.29. The van der Waals surface area contributed by atoms with Gasteiger partial charge >= 0.3 is 0 Å². The van der Waals surface area contributed by atoms with Crippen LogP contribution in [0.25, 0.3) is 0 Å². The average molecular weight is 498 g/mol. The summed E-state index contributed by atoms with van der Waals surface area (Å²) in [5.41, 5.74) is 1.38. The first-order valence-electron chi connectivity index (χ1n) is 11.3. The third kappa shape index (κ3) is 5.22. The lowest BCUT2D eigenvalue weighted by Gasteiger charge is -2.15. The van der Waals surface area contributed by atoms with Gasteiger partial charge in [0.1, 0.15) is 5.75 Å². The van der Waals surface area contributed by atoms with Gasteiger partial charge in [0.05, 0.1) is 23.8 Å². The van der Waals surface area contributed by atoms with Crippen LogP contribution in [-0.4, -0.2) is 44.7 Å². The van der Waals surface area contributed by atoms with Crippen molar-refractivity contribution in [3.8, 4) is 5.75 Å². The van der Waals surface area contributed by atoms with E-state index in [-0.39, 0.29) is 41.5 Å². The fourth-order valence-corrected chi connectivity index (χ4v) is 5.38. The zero-order valence-electron chi connectivity index (χ0n) is 19.5. The van der Waals surface area contributed by atoms with Crippen molar-refractivity contribution >= 4 is 39.1 Å². The van der Waals surface area contributed by atoms with E-state index < -0.39 is 15.9 Å². The molecule has 184 valence electrons. The van der Waals surface area contributed by atoms with Crippen molar-refractivity contribution in [2.45, 2.75) is 31.1 Å². The van der Waals surface area contributed by atoms with Crippen molar-refractivity contribution in [3.63, 3.8) is 0 Å². The van der Waals surface area contributed by atoms with E-state index in [1.54, 1.807) is 37.3 Å². The lowest BCUT2D eigenvalue weighted by atomic mass is 9.85. The highest BCUT2D eigenvalue weighted by atomic mass is 32.2. The third-order valence-electron chi connectivity index (χ3n) is 6.30. The van der Waals surface area contributed by atoms with Crippen molar-refractivity contribution in [2.24, 2.45) is 11.8 Å². The molecule has 0 aromatic heterocycles. The number of nitrogens with one attached hydrogen (secondary N) is 2. The summed E-state index contributed by atoms with van der Waals surface area (Å²) in [7, 11) is -2.39. The number of fused-ring (bicyclic) bond motifs is 1. The van der Waals surface area contributed by atoms with Crippen LogP contribution in [0.15, 0.2) is 59.5 Å². The Labute approximate surface area is 204 Å². The molecule has 1 aliphatic heterocycles. The number of amides is 3. The van der Waals surface area contributed by atoms with Crippen molar-refractivity contribution in [1.82, 2.24) is 4.90 Å². The van der Waals surface area contributed by atoms with E-state index >= 15 is 0 Å². The predicted molar refractivity (Wildman–Crippen MR) is 130 cm³/mol. The number of imide groups is 1. The largest absolute Gasteiger partial charge is 0.497 e. The lowest BCUT2D eigenvalue weighted by Crippen LogP contribution is -2.34. The van der Waals surface area contributed by atoms with Crippen LogP contribution in [0.5, 0.6) is 5.75 Å². The number of aryl methyl sites for hydroxylation is 1. The second kappa shape index (κ2) is 9.91. The van der Waals surface area contributed by atoms with Crippen LogP contribution >= 0.6 is 0 Å². The van der Waals surface area contributed by atoms with Crippen molar-refractivity contribution in [2.75, 3.05) is 23.7 Å². The number of hydrogen-bond donors (Lipinski definition) is 2. The molecule has 2 aromatic rings. The highest BCUT2D eigenvalue weighted by molar-refractivity contribution is 7.92. The van der Waals surface area contributed by atoms with E-state index in [0.29, 0.717) is 35.5 Å². The number of carbonyl (C=O) groups is 3. The molecule has 2 aliphatic rings. The molecule has 1 aliphatic carbocycles. The number of rotatable bonds is 8. The molecule has 3 amide bonds. The van der Waals surface area contributed by atoms with Gasteiger partial charge in [-0.15, -0.1) is 0 Å². The number of methoxy groups -OCH3 is 1. The molecule has 0 spiro atoms.